The van der Waals surface area contributed by atoms with Gasteiger partial charge in [-0.1, -0.05) is 39.8 Å². The summed E-state index contributed by atoms with van der Waals surface area (Å²) < 4.78 is 0. The molecule has 2 bridgehead atoms. The van der Waals surface area contributed by atoms with E-state index in [1.165, 1.54) is 51.5 Å². The molecule has 2 nitrogen and oxygen atoms in total. The minimum absolute atomic E-state index is 0.294. The highest BCUT2D eigenvalue weighted by atomic mass is 15.0. The van der Waals surface area contributed by atoms with Crippen molar-refractivity contribution in [2.45, 2.75) is 85.6 Å². The van der Waals surface area contributed by atoms with E-state index in [-0.39, 0.29) is 0 Å². The highest BCUT2D eigenvalue weighted by molar-refractivity contribution is 5.04. The van der Waals surface area contributed by atoms with E-state index in [0.29, 0.717) is 16.9 Å². The van der Waals surface area contributed by atoms with E-state index >= 15 is 0 Å². The third-order valence-corrected chi connectivity index (χ3v) is 8.99. The molecular weight excluding hydrogens is 340 g/mol. The normalized spacial score (nSPS) is 36.0. The first kappa shape index (κ1) is 21.9. The van der Waals surface area contributed by atoms with Crippen LogP contribution in [0, 0.1) is 40.4 Å². The molecular formula is C26H46N2. The third kappa shape index (κ3) is 4.86. The van der Waals surface area contributed by atoms with Crippen LogP contribution < -0.4 is 10.6 Å². The van der Waals surface area contributed by atoms with Crippen molar-refractivity contribution in [1.29, 1.82) is 0 Å². The Labute approximate surface area is 175 Å². The van der Waals surface area contributed by atoms with E-state index in [9.17, 15) is 0 Å². The van der Waals surface area contributed by atoms with Gasteiger partial charge in [-0.15, -0.1) is 6.58 Å². The van der Waals surface area contributed by atoms with Gasteiger partial charge in [0.25, 0.3) is 0 Å². The average Bonchev–Trinajstić information content (AvgIpc) is 2.70. The predicted octanol–water partition coefficient (Wildman–Crippen LogP) is 6.16. The molecule has 0 aliphatic heterocycles. The van der Waals surface area contributed by atoms with Crippen LogP contribution >= 0.6 is 0 Å². The number of rotatable bonds is 9. The third-order valence-electron chi connectivity index (χ3n) is 8.99. The Kier molecular flexibility index (Phi) is 7.00. The Bertz CT molecular complexity index is 537. The summed E-state index contributed by atoms with van der Waals surface area (Å²) >= 11 is 0. The lowest BCUT2D eigenvalue weighted by molar-refractivity contribution is -0.104. The summed E-state index contributed by atoms with van der Waals surface area (Å²) in [5.41, 5.74) is 0.899. The van der Waals surface area contributed by atoms with Crippen molar-refractivity contribution in [3.8, 4) is 0 Å². The summed E-state index contributed by atoms with van der Waals surface area (Å²) in [6, 6.07) is 0.537. The van der Waals surface area contributed by atoms with E-state index in [4.69, 9.17) is 0 Å². The standard InChI is InChI=1S/C26H46N2/c1-7-25(3,4)22-11-8-20(9-12-22)14-15-27-17-19(2)28-18-21-10-13-23-16-24(21)26(23,5)6/h7,14-15,19-24,27-28H,1,8-13,16-18H2,2-6H3/b15-14+/t19?,20?,21-,22?,23?,24-/m0/s1. The molecule has 160 valence electrons. The molecule has 4 saturated carbocycles. The van der Waals surface area contributed by atoms with Gasteiger partial charge in [0.15, 0.2) is 0 Å². The molecule has 2 N–H and O–H groups in total. The summed E-state index contributed by atoms with van der Waals surface area (Å²) in [6.07, 6.45) is 16.5. The quantitative estimate of drug-likeness (QED) is 0.464. The highest BCUT2D eigenvalue weighted by Crippen LogP contribution is 2.61. The molecule has 0 saturated heterocycles. The summed E-state index contributed by atoms with van der Waals surface area (Å²) in [7, 11) is 0. The number of hydrogen-bond donors (Lipinski definition) is 2. The smallest absolute Gasteiger partial charge is 0.0292 e. The summed E-state index contributed by atoms with van der Waals surface area (Å²) in [4.78, 5) is 0. The first-order valence-corrected chi connectivity index (χ1v) is 12.0. The molecule has 4 rings (SSSR count). The van der Waals surface area contributed by atoms with Crippen LogP contribution in [0.2, 0.25) is 0 Å². The molecule has 0 amide bonds. The maximum atomic E-state index is 4.03. The Morgan fingerprint density at radius 2 is 1.82 bits per heavy atom. The van der Waals surface area contributed by atoms with Crippen molar-refractivity contribution >= 4 is 0 Å². The van der Waals surface area contributed by atoms with Crippen LogP contribution in [0.3, 0.4) is 0 Å². The SMILES string of the molecule is C=CC(C)(C)C1CCC(/C=C/NCC(C)NC[C@@H]2CCC3C[C@@H]2C3(C)C)CC1. The van der Waals surface area contributed by atoms with Crippen molar-refractivity contribution in [1.82, 2.24) is 10.6 Å². The Balaban J connectivity index is 1.29. The van der Waals surface area contributed by atoms with E-state index in [0.717, 1.165) is 36.1 Å². The van der Waals surface area contributed by atoms with Crippen LogP contribution in [0.15, 0.2) is 24.9 Å². The van der Waals surface area contributed by atoms with Crippen molar-refractivity contribution in [3.05, 3.63) is 24.9 Å². The van der Waals surface area contributed by atoms with E-state index in [2.05, 4.69) is 70.2 Å². The molecule has 4 fully saturated rings. The van der Waals surface area contributed by atoms with Crippen molar-refractivity contribution in [3.63, 3.8) is 0 Å². The number of nitrogens with one attached hydrogen (secondary N) is 2. The lowest BCUT2D eigenvalue weighted by Gasteiger charge is -2.60. The van der Waals surface area contributed by atoms with Gasteiger partial charge in [-0.25, -0.2) is 0 Å². The van der Waals surface area contributed by atoms with Crippen LogP contribution in [-0.4, -0.2) is 19.1 Å². The fourth-order valence-electron chi connectivity index (χ4n) is 6.30. The molecule has 4 aliphatic carbocycles. The summed E-state index contributed by atoms with van der Waals surface area (Å²) in [5.74, 6) is 4.43. The topological polar surface area (TPSA) is 24.1 Å². The van der Waals surface area contributed by atoms with Crippen LogP contribution in [0.1, 0.15) is 79.6 Å². The first-order valence-electron chi connectivity index (χ1n) is 12.0. The predicted molar refractivity (Wildman–Crippen MR) is 122 cm³/mol. The second-order valence-electron chi connectivity index (χ2n) is 11.4. The van der Waals surface area contributed by atoms with Gasteiger partial charge >= 0.3 is 0 Å². The largest absolute Gasteiger partial charge is 0.390 e. The second kappa shape index (κ2) is 8.94. The zero-order valence-electron chi connectivity index (χ0n) is 19.3. The maximum absolute atomic E-state index is 4.03. The number of hydrogen-bond acceptors (Lipinski definition) is 2. The maximum Gasteiger partial charge on any atom is 0.0292 e. The molecule has 0 heterocycles. The molecule has 0 aromatic heterocycles. The molecule has 0 aromatic carbocycles. The van der Waals surface area contributed by atoms with Gasteiger partial charge in [0.1, 0.15) is 0 Å². The average molecular weight is 387 g/mol. The lowest BCUT2D eigenvalue weighted by atomic mass is 9.45. The minimum Gasteiger partial charge on any atom is -0.390 e. The number of fused-ring (bicyclic) bond motifs is 2. The molecule has 0 spiro atoms. The zero-order chi connectivity index (χ0) is 20.4. The first-order chi connectivity index (χ1) is 13.2. The lowest BCUT2D eigenvalue weighted by Crippen LogP contribution is -2.55. The molecule has 28 heavy (non-hydrogen) atoms. The summed E-state index contributed by atoms with van der Waals surface area (Å²) in [5, 5.41) is 7.36. The van der Waals surface area contributed by atoms with E-state index in [1.807, 2.05) is 0 Å². The van der Waals surface area contributed by atoms with Gasteiger partial charge < -0.3 is 10.6 Å². The van der Waals surface area contributed by atoms with Gasteiger partial charge in [-0.05, 0) is 105 Å². The number of allylic oxidation sites excluding steroid dienone is 2. The van der Waals surface area contributed by atoms with Crippen LogP contribution in [0.4, 0.5) is 0 Å². The Morgan fingerprint density at radius 3 is 2.43 bits per heavy atom. The van der Waals surface area contributed by atoms with Gasteiger partial charge in [0.05, 0.1) is 0 Å². The van der Waals surface area contributed by atoms with Gasteiger partial charge in [-0.2, -0.15) is 0 Å². The Hall–Kier alpha value is -0.760. The molecule has 4 aliphatic rings. The van der Waals surface area contributed by atoms with Crippen molar-refractivity contribution in [2.75, 3.05) is 13.1 Å². The molecule has 2 heteroatoms. The van der Waals surface area contributed by atoms with E-state index < -0.39 is 0 Å². The van der Waals surface area contributed by atoms with Crippen molar-refractivity contribution in [2.24, 2.45) is 40.4 Å². The van der Waals surface area contributed by atoms with Crippen LogP contribution in [0.5, 0.6) is 0 Å². The fourth-order valence-corrected chi connectivity index (χ4v) is 6.30. The summed E-state index contributed by atoms with van der Waals surface area (Å²) in [6.45, 7) is 18.3. The Morgan fingerprint density at radius 1 is 1.11 bits per heavy atom. The second-order valence-corrected chi connectivity index (χ2v) is 11.4. The van der Waals surface area contributed by atoms with E-state index in [1.54, 1.807) is 0 Å². The fraction of sp³-hybridized carbons (Fsp3) is 0.846. The molecule has 0 aromatic rings. The molecule has 2 unspecified atom stereocenters. The monoisotopic (exact) mass is 386 g/mol. The van der Waals surface area contributed by atoms with Gasteiger partial charge in [0, 0.05) is 12.6 Å². The molecule has 4 atom stereocenters. The van der Waals surface area contributed by atoms with Crippen LogP contribution in [-0.2, 0) is 0 Å². The zero-order valence-corrected chi connectivity index (χ0v) is 19.3. The highest BCUT2D eigenvalue weighted by Gasteiger charge is 2.53. The minimum atomic E-state index is 0.294. The van der Waals surface area contributed by atoms with Crippen molar-refractivity contribution < 1.29 is 0 Å². The molecule has 0 radical (unpaired) electrons. The van der Waals surface area contributed by atoms with Crippen LogP contribution in [0.25, 0.3) is 0 Å². The van der Waals surface area contributed by atoms with Gasteiger partial charge in [0.2, 0.25) is 0 Å². The van der Waals surface area contributed by atoms with Gasteiger partial charge in [-0.3, -0.25) is 0 Å².